The Labute approximate surface area is 197 Å². The molecule has 1 fully saturated rings. The largest absolute Gasteiger partial charge is 0.325 e. The second-order valence-electron chi connectivity index (χ2n) is 8.14. The minimum atomic E-state index is -0.553. The van der Waals surface area contributed by atoms with Crippen LogP contribution in [0, 0.1) is 13.8 Å². The van der Waals surface area contributed by atoms with Crippen LogP contribution in [0.15, 0.2) is 53.7 Å². The lowest BCUT2D eigenvalue weighted by Crippen LogP contribution is -2.35. The lowest BCUT2D eigenvalue weighted by molar-refractivity contribution is -0.117. The molecule has 1 aliphatic heterocycles. The minimum absolute atomic E-state index is 0.0506. The van der Waals surface area contributed by atoms with Gasteiger partial charge in [-0.05, 0) is 75.2 Å². The first-order valence-electron chi connectivity index (χ1n) is 11.0. The van der Waals surface area contributed by atoms with Crippen LogP contribution in [0.4, 0.5) is 10.5 Å². The number of anilines is 1. The van der Waals surface area contributed by atoms with Gasteiger partial charge in [0.1, 0.15) is 0 Å². The van der Waals surface area contributed by atoms with E-state index in [1.165, 1.54) is 24.6 Å². The molecule has 4 rings (SSSR count). The summed E-state index contributed by atoms with van der Waals surface area (Å²) in [6.45, 7) is 6.81. The topological polar surface area (TPSA) is 92.2 Å². The highest BCUT2D eigenvalue weighted by Gasteiger charge is 2.20. The number of imide groups is 1. The fourth-order valence-corrected chi connectivity index (χ4v) is 4.52. The number of amides is 3. The Balaban J connectivity index is 1.39. The standard InChI is InChI=1S/C24H28N6O2S/c1-17-10-11-19(14-18(17)2)25-23(32)26-22(31)16-33-24-28-27-21(15-29-12-6-7-13-29)30(24)20-8-4-3-5-9-20/h3-5,8-11,14H,6-7,12-13,15-16H2,1-2H3,(H2,25,26,31,32). The number of likely N-dealkylation sites (tertiary alicyclic amines) is 1. The Bertz CT molecular complexity index is 1130. The average molecular weight is 465 g/mol. The molecule has 9 heteroatoms. The number of aryl methyl sites for hydroxylation is 2. The number of aromatic nitrogens is 3. The molecule has 0 radical (unpaired) electrons. The van der Waals surface area contributed by atoms with Crippen LogP contribution >= 0.6 is 11.8 Å². The second kappa shape index (κ2) is 10.6. The van der Waals surface area contributed by atoms with Crippen LogP contribution in [0.5, 0.6) is 0 Å². The van der Waals surface area contributed by atoms with Crippen molar-refractivity contribution in [3.8, 4) is 5.69 Å². The highest BCUT2D eigenvalue weighted by molar-refractivity contribution is 7.99. The average Bonchev–Trinajstić information content (AvgIpc) is 3.45. The van der Waals surface area contributed by atoms with Gasteiger partial charge in [-0.2, -0.15) is 0 Å². The summed E-state index contributed by atoms with van der Waals surface area (Å²) >= 11 is 1.26. The van der Waals surface area contributed by atoms with Gasteiger partial charge in [0.15, 0.2) is 11.0 Å². The second-order valence-corrected chi connectivity index (χ2v) is 9.09. The van der Waals surface area contributed by atoms with Crippen molar-refractivity contribution in [3.05, 3.63) is 65.5 Å². The number of hydrogen-bond donors (Lipinski definition) is 2. The molecule has 0 spiro atoms. The molecular formula is C24H28N6O2S. The van der Waals surface area contributed by atoms with E-state index in [0.29, 0.717) is 17.4 Å². The number of rotatable bonds is 7. The number of urea groups is 1. The van der Waals surface area contributed by atoms with Gasteiger partial charge >= 0.3 is 6.03 Å². The van der Waals surface area contributed by atoms with Crippen LogP contribution in [0.25, 0.3) is 5.69 Å². The molecule has 0 saturated carbocycles. The molecule has 2 N–H and O–H groups in total. The maximum atomic E-state index is 12.4. The highest BCUT2D eigenvalue weighted by atomic mass is 32.2. The van der Waals surface area contributed by atoms with Crippen molar-refractivity contribution in [1.29, 1.82) is 0 Å². The number of para-hydroxylation sites is 1. The van der Waals surface area contributed by atoms with Gasteiger partial charge in [-0.25, -0.2) is 4.79 Å². The summed E-state index contributed by atoms with van der Waals surface area (Å²) in [5.74, 6) is 0.498. The van der Waals surface area contributed by atoms with Gasteiger partial charge in [-0.3, -0.25) is 19.6 Å². The summed E-state index contributed by atoms with van der Waals surface area (Å²) in [4.78, 5) is 27.0. The van der Waals surface area contributed by atoms with E-state index in [2.05, 4.69) is 25.7 Å². The first kappa shape index (κ1) is 23.0. The van der Waals surface area contributed by atoms with Gasteiger partial charge in [-0.15, -0.1) is 10.2 Å². The van der Waals surface area contributed by atoms with Crippen molar-refractivity contribution in [2.45, 2.75) is 38.4 Å². The van der Waals surface area contributed by atoms with Crippen LogP contribution in [0.2, 0.25) is 0 Å². The number of nitrogens with zero attached hydrogens (tertiary/aromatic N) is 4. The van der Waals surface area contributed by atoms with Crippen molar-refractivity contribution < 1.29 is 9.59 Å². The monoisotopic (exact) mass is 464 g/mol. The third kappa shape index (κ3) is 6.00. The van der Waals surface area contributed by atoms with E-state index in [1.807, 2.05) is 66.9 Å². The molecule has 3 aromatic rings. The van der Waals surface area contributed by atoms with Gasteiger partial charge in [0.25, 0.3) is 0 Å². The van der Waals surface area contributed by atoms with Crippen LogP contribution in [-0.4, -0.2) is 50.4 Å². The molecule has 8 nitrogen and oxygen atoms in total. The molecule has 3 amide bonds. The SMILES string of the molecule is Cc1ccc(NC(=O)NC(=O)CSc2nnc(CN3CCCC3)n2-c2ccccc2)cc1C. The Morgan fingerprint density at radius 3 is 2.48 bits per heavy atom. The third-order valence-corrected chi connectivity index (χ3v) is 6.56. The molecule has 2 heterocycles. The Kier molecular flexibility index (Phi) is 7.41. The minimum Gasteiger partial charge on any atom is -0.308 e. The first-order valence-corrected chi connectivity index (χ1v) is 12.0. The maximum absolute atomic E-state index is 12.4. The molecule has 0 atom stereocenters. The van der Waals surface area contributed by atoms with Crippen molar-refractivity contribution >= 4 is 29.4 Å². The van der Waals surface area contributed by atoms with Gasteiger partial charge in [0, 0.05) is 11.4 Å². The third-order valence-electron chi connectivity index (χ3n) is 5.63. The molecule has 33 heavy (non-hydrogen) atoms. The Morgan fingerprint density at radius 1 is 1.00 bits per heavy atom. The molecule has 2 aromatic carbocycles. The normalized spacial score (nSPS) is 13.8. The van der Waals surface area contributed by atoms with E-state index in [4.69, 9.17) is 0 Å². The molecular weight excluding hydrogens is 436 g/mol. The zero-order valence-corrected chi connectivity index (χ0v) is 19.7. The number of thioether (sulfide) groups is 1. The van der Waals surface area contributed by atoms with Gasteiger partial charge < -0.3 is 5.32 Å². The number of hydrogen-bond acceptors (Lipinski definition) is 6. The molecule has 1 aliphatic rings. The van der Waals surface area contributed by atoms with Crippen molar-refractivity contribution in [3.63, 3.8) is 0 Å². The van der Waals surface area contributed by atoms with Crippen LogP contribution in [0.3, 0.4) is 0 Å². The number of benzene rings is 2. The quantitative estimate of drug-likeness (QED) is 0.515. The van der Waals surface area contributed by atoms with E-state index < -0.39 is 11.9 Å². The molecule has 0 aliphatic carbocycles. The van der Waals surface area contributed by atoms with Crippen LogP contribution < -0.4 is 10.6 Å². The fourth-order valence-electron chi connectivity index (χ4n) is 3.75. The van der Waals surface area contributed by atoms with E-state index in [-0.39, 0.29) is 5.75 Å². The number of carbonyl (C=O) groups is 2. The lowest BCUT2D eigenvalue weighted by Gasteiger charge is -2.16. The maximum Gasteiger partial charge on any atom is 0.325 e. The van der Waals surface area contributed by atoms with Gasteiger partial charge in [0.2, 0.25) is 5.91 Å². The van der Waals surface area contributed by atoms with E-state index in [1.54, 1.807) is 0 Å². The molecule has 1 aromatic heterocycles. The van der Waals surface area contributed by atoms with E-state index in [0.717, 1.165) is 35.7 Å². The van der Waals surface area contributed by atoms with Crippen molar-refractivity contribution in [1.82, 2.24) is 25.0 Å². The van der Waals surface area contributed by atoms with E-state index in [9.17, 15) is 9.59 Å². The molecule has 1 saturated heterocycles. The zero-order valence-electron chi connectivity index (χ0n) is 18.9. The van der Waals surface area contributed by atoms with Gasteiger partial charge in [0.05, 0.1) is 12.3 Å². The summed E-state index contributed by atoms with van der Waals surface area (Å²) in [6, 6.07) is 14.9. The highest BCUT2D eigenvalue weighted by Crippen LogP contribution is 2.23. The Morgan fingerprint density at radius 2 is 1.76 bits per heavy atom. The number of nitrogens with one attached hydrogen (secondary N) is 2. The Hall–Kier alpha value is -3.17. The predicted octanol–water partition coefficient (Wildman–Crippen LogP) is 3.92. The predicted molar refractivity (Wildman–Crippen MR) is 130 cm³/mol. The summed E-state index contributed by atoms with van der Waals surface area (Å²) < 4.78 is 1.99. The first-order chi connectivity index (χ1) is 16.0. The summed E-state index contributed by atoms with van der Waals surface area (Å²) in [6.07, 6.45) is 2.40. The lowest BCUT2D eigenvalue weighted by atomic mass is 10.1. The van der Waals surface area contributed by atoms with Crippen LogP contribution in [0.1, 0.15) is 29.8 Å². The fraction of sp³-hybridized carbons (Fsp3) is 0.333. The zero-order chi connectivity index (χ0) is 23.2. The number of carbonyl (C=O) groups excluding carboxylic acids is 2. The smallest absolute Gasteiger partial charge is 0.308 e. The summed E-state index contributed by atoms with van der Waals surface area (Å²) in [7, 11) is 0. The molecule has 0 unspecified atom stereocenters. The van der Waals surface area contributed by atoms with Crippen molar-refractivity contribution in [2.24, 2.45) is 0 Å². The molecule has 0 bridgehead atoms. The van der Waals surface area contributed by atoms with Crippen molar-refractivity contribution in [2.75, 3.05) is 24.2 Å². The summed E-state index contributed by atoms with van der Waals surface area (Å²) in [5.41, 5.74) is 3.80. The molecule has 172 valence electrons. The van der Waals surface area contributed by atoms with E-state index >= 15 is 0 Å². The van der Waals surface area contributed by atoms with Gasteiger partial charge in [-0.1, -0.05) is 36.0 Å². The summed E-state index contributed by atoms with van der Waals surface area (Å²) in [5, 5.41) is 14.5. The van der Waals surface area contributed by atoms with Crippen LogP contribution in [-0.2, 0) is 11.3 Å².